The molecule has 0 aromatic heterocycles. The van der Waals surface area contributed by atoms with E-state index in [1.54, 1.807) is 12.1 Å². The minimum Gasteiger partial charge on any atom is -0.486 e. The third-order valence-electron chi connectivity index (χ3n) is 2.63. The zero-order chi connectivity index (χ0) is 10.8. The lowest BCUT2D eigenvalue weighted by Gasteiger charge is -2.33. The van der Waals surface area contributed by atoms with E-state index >= 15 is 0 Å². The SMILES string of the molecule is CC1Nc2c(F)cccc2OC1CCN. The van der Waals surface area contributed by atoms with Gasteiger partial charge in [0.15, 0.2) is 0 Å². The monoisotopic (exact) mass is 210 g/mol. The molecular formula is C11H15FN2O. The van der Waals surface area contributed by atoms with Crippen LogP contribution in [-0.2, 0) is 0 Å². The normalized spacial score (nSPS) is 23.9. The summed E-state index contributed by atoms with van der Waals surface area (Å²) >= 11 is 0. The first-order chi connectivity index (χ1) is 7.22. The van der Waals surface area contributed by atoms with E-state index < -0.39 is 0 Å². The lowest BCUT2D eigenvalue weighted by atomic mass is 10.1. The van der Waals surface area contributed by atoms with Gasteiger partial charge in [0.05, 0.1) is 6.04 Å². The molecule has 82 valence electrons. The summed E-state index contributed by atoms with van der Waals surface area (Å²) in [6.07, 6.45) is 0.786. The highest BCUT2D eigenvalue weighted by Gasteiger charge is 2.27. The molecule has 0 saturated carbocycles. The van der Waals surface area contributed by atoms with Gasteiger partial charge in [0.1, 0.15) is 23.4 Å². The van der Waals surface area contributed by atoms with Crippen molar-refractivity contribution in [2.45, 2.75) is 25.5 Å². The van der Waals surface area contributed by atoms with Gasteiger partial charge in [-0.2, -0.15) is 0 Å². The molecular weight excluding hydrogens is 195 g/mol. The Bertz CT molecular complexity index is 356. The average molecular weight is 210 g/mol. The maximum atomic E-state index is 13.4. The molecule has 0 aliphatic carbocycles. The van der Waals surface area contributed by atoms with Gasteiger partial charge in [-0.05, 0) is 32.0 Å². The van der Waals surface area contributed by atoms with Crippen LogP contribution >= 0.6 is 0 Å². The van der Waals surface area contributed by atoms with Crippen LogP contribution in [0.25, 0.3) is 0 Å². The first kappa shape index (κ1) is 10.2. The lowest BCUT2D eigenvalue weighted by Crippen LogP contribution is -2.40. The number of hydrogen-bond donors (Lipinski definition) is 2. The van der Waals surface area contributed by atoms with Crippen molar-refractivity contribution in [2.75, 3.05) is 11.9 Å². The van der Waals surface area contributed by atoms with Gasteiger partial charge in [-0.3, -0.25) is 0 Å². The van der Waals surface area contributed by atoms with Gasteiger partial charge < -0.3 is 15.8 Å². The zero-order valence-electron chi connectivity index (χ0n) is 8.66. The quantitative estimate of drug-likeness (QED) is 0.781. The molecule has 4 heteroatoms. The molecule has 1 aromatic rings. The van der Waals surface area contributed by atoms with E-state index in [1.165, 1.54) is 6.07 Å². The molecule has 0 bridgehead atoms. The van der Waals surface area contributed by atoms with E-state index in [2.05, 4.69) is 5.32 Å². The number of nitrogens with two attached hydrogens (primary N) is 1. The highest BCUT2D eigenvalue weighted by atomic mass is 19.1. The summed E-state index contributed by atoms with van der Waals surface area (Å²) in [5.41, 5.74) is 5.95. The third kappa shape index (κ3) is 1.90. The molecule has 1 aromatic carbocycles. The number of ether oxygens (including phenoxy) is 1. The van der Waals surface area contributed by atoms with Gasteiger partial charge in [0.25, 0.3) is 0 Å². The molecule has 1 heterocycles. The van der Waals surface area contributed by atoms with Crippen LogP contribution in [0.3, 0.4) is 0 Å². The standard InChI is InChI=1S/C11H15FN2O/c1-7-9(5-6-13)15-10-4-2-3-8(12)11(10)14-7/h2-4,7,9,14H,5-6,13H2,1H3. The number of para-hydroxylation sites is 1. The fourth-order valence-electron chi connectivity index (χ4n) is 1.80. The van der Waals surface area contributed by atoms with Crippen molar-refractivity contribution in [1.82, 2.24) is 0 Å². The zero-order valence-corrected chi connectivity index (χ0v) is 8.66. The van der Waals surface area contributed by atoms with Crippen molar-refractivity contribution in [3.8, 4) is 5.75 Å². The van der Waals surface area contributed by atoms with E-state index in [1.807, 2.05) is 6.92 Å². The Morgan fingerprint density at radius 1 is 1.53 bits per heavy atom. The van der Waals surface area contributed by atoms with E-state index in [0.29, 0.717) is 18.0 Å². The lowest BCUT2D eigenvalue weighted by molar-refractivity contribution is 0.166. The maximum Gasteiger partial charge on any atom is 0.150 e. The Balaban J connectivity index is 2.25. The molecule has 1 aliphatic rings. The molecule has 0 spiro atoms. The Labute approximate surface area is 88.4 Å². The average Bonchev–Trinajstić information content (AvgIpc) is 2.21. The maximum absolute atomic E-state index is 13.4. The Morgan fingerprint density at radius 3 is 3.07 bits per heavy atom. The smallest absolute Gasteiger partial charge is 0.150 e. The number of nitrogens with one attached hydrogen (secondary N) is 1. The molecule has 0 radical (unpaired) electrons. The molecule has 3 N–H and O–H groups in total. The number of hydrogen-bond acceptors (Lipinski definition) is 3. The highest BCUT2D eigenvalue weighted by Crippen LogP contribution is 2.33. The molecule has 15 heavy (non-hydrogen) atoms. The van der Waals surface area contributed by atoms with E-state index in [9.17, 15) is 4.39 Å². The summed E-state index contributed by atoms with van der Waals surface area (Å²) < 4.78 is 19.1. The molecule has 2 atom stereocenters. The second kappa shape index (κ2) is 4.06. The summed E-state index contributed by atoms with van der Waals surface area (Å²) in [4.78, 5) is 0. The Kier molecular flexibility index (Phi) is 2.77. The number of anilines is 1. The fourth-order valence-corrected chi connectivity index (χ4v) is 1.80. The van der Waals surface area contributed by atoms with Crippen LogP contribution < -0.4 is 15.8 Å². The summed E-state index contributed by atoms with van der Waals surface area (Å²) in [5.74, 6) is 0.303. The third-order valence-corrected chi connectivity index (χ3v) is 2.63. The number of rotatable bonds is 2. The van der Waals surface area contributed by atoms with Crippen LogP contribution in [0, 0.1) is 5.82 Å². The fraction of sp³-hybridized carbons (Fsp3) is 0.455. The van der Waals surface area contributed by atoms with Gasteiger partial charge in [-0.1, -0.05) is 6.07 Å². The molecule has 3 nitrogen and oxygen atoms in total. The van der Waals surface area contributed by atoms with Crippen LogP contribution in [0.5, 0.6) is 5.75 Å². The van der Waals surface area contributed by atoms with Crippen LogP contribution in [-0.4, -0.2) is 18.7 Å². The van der Waals surface area contributed by atoms with Gasteiger partial charge in [-0.15, -0.1) is 0 Å². The van der Waals surface area contributed by atoms with Crippen molar-refractivity contribution >= 4 is 5.69 Å². The molecule has 0 amide bonds. The Morgan fingerprint density at radius 2 is 2.33 bits per heavy atom. The van der Waals surface area contributed by atoms with Crippen molar-refractivity contribution in [3.63, 3.8) is 0 Å². The summed E-state index contributed by atoms with van der Waals surface area (Å²) in [6, 6.07) is 4.91. The first-order valence-corrected chi connectivity index (χ1v) is 5.14. The number of fused-ring (bicyclic) bond motifs is 1. The van der Waals surface area contributed by atoms with Crippen LogP contribution in [0.2, 0.25) is 0 Å². The minimum absolute atomic E-state index is 0.0179. The predicted molar refractivity (Wildman–Crippen MR) is 57.6 cm³/mol. The van der Waals surface area contributed by atoms with E-state index in [-0.39, 0.29) is 18.0 Å². The second-order valence-corrected chi connectivity index (χ2v) is 3.78. The van der Waals surface area contributed by atoms with Crippen molar-refractivity contribution in [3.05, 3.63) is 24.0 Å². The van der Waals surface area contributed by atoms with Gasteiger partial charge in [0, 0.05) is 0 Å². The molecule has 0 fully saturated rings. The molecule has 2 unspecified atom stereocenters. The molecule has 2 rings (SSSR count). The van der Waals surface area contributed by atoms with E-state index in [0.717, 1.165) is 6.42 Å². The van der Waals surface area contributed by atoms with Crippen molar-refractivity contribution in [2.24, 2.45) is 5.73 Å². The summed E-state index contributed by atoms with van der Waals surface area (Å²) in [5, 5.41) is 3.11. The molecule has 0 saturated heterocycles. The minimum atomic E-state index is -0.273. The first-order valence-electron chi connectivity index (χ1n) is 5.14. The van der Waals surface area contributed by atoms with Crippen molar-refractivity contribution in [1.29, 1.82) is 0 Å². The molecule has 1 aliphatic heterocycles. The van der Waals surface area contributed by atoms with Gasteiger partial charge >= 0.3 is 0 Å². The van der Waals surface area contributed by atoms with Crippen LogP contribution in [0.1, 0.15) is 13.3 Å². The summed E-state index contributed by atoms with van der Waals surface area (Å²) in [7, 11) is 0. The number of benzene rings is 1. The second-order valence-electron chi connectivity index (χ2n) is 3.78. The van der Waals surface area contributed by atoms with E-state index in [4.69, 9.17) is 10.5 Å². The van der Waals surface area contributed by atoms with Crippen LogP contribution in [0.4, 0.5) is 10.1 Å². The largest absolute Gasteiger partial charge is 0.486 e. The highest BCUT2D eigenvalue weighted by molar-refractivity contribution is 5.59. The van der Waals surface area contributed by atoms with Crippen LogP contribution in [0.15, 0.2) is 18.2 Å². The van der Waals surface area contributed by atoms with Crippen molar-refractivity contribution < 1.29 is 9.13 Å². The summed E-state index contributed by atoms with van der Waals surface area (Å²) in [6.45, 7) is 2.54. The topological polar surface area (TPSA) is 47.3 Å². The Hall–Kier alpha value is -1.29. The van der Waals surface area contributed by atoms with Gasteiger partial charge in [-0.25, -0.2) is 4.39 Å². The van der Waals surface area contributed by atoms with Gasteiger partial charge in [0.2, 0.25) is 0 Å². The predicted octanol–water partition coefficient (Wildman–Crippen LogP) is 1.74. The number of halogens is 1.